The molecule has 1 atom stereocenters. The summed E-state index contributed by atoms with van der Waals surface area (Å²) in [5.41, 5.74) is 0. The number of hydrogen-bond donors (Lipinski definition) is 0. The average molecular weight is 239 g/mol. The Kier molecular flexibility index (Phi) is 4.45. The predicted octanol–water partition coefficient (Wildman–Crippen LogP) is 1.50. The van der Waals surface area contributed by atoms with Gasteiger partial charge in [-0.15, -0.1) is 0 Å². The third-order valence-electron chi connectivity index (χ3n) is 4.58. The van der Waals surface area contributed by atoms with Gasteiger partial charge in [0.2, 0.25) is 0 Å². The van der Waals surface area contributed by atoms with Gasteiger partial charge < -0.3 is 9.80 Å². The molecule has 0 saturated carbocycles. The van der Waals surface area contributed by atoms with E-state index in [-0.39, 0.29) is 0 Å². The van der Waals surface area contributed by atoms with Crippen LogP contribution in [0.3, 0.4) is 0 Å². The minimum Gasteiger partial charge on any atom is -0.304 e. The lowest BCUT2D eigenvalue weighted by Crippen LogP contribution is -2.57. The fourth-order valence-electron chi connectivity index (χ4n) is 3.43. The third-order valence-corrected chi connectivity index (χ3v) is 4.58. The molecule has 0 aromatic rings. The normalized spacial score (nSPS) is 31.2. The van der Waals surface area contributed by atoms with E-state index < -0.39 is 0 Å². The van der Waals surface area contributed by atoms with Gasteiger partial charge in [0.25, 0.3) is 0 Å². The van der Waals surface area contributed by atoms with Crippen LogP contribution in [0.2, 0.25) is 0 Å². The van der Waals surface area contributed by atoms with Gasteiger partial charge in [-0.3, -0.25) is 4.90 Å². The van der Waals surface area contributed by atoms with Crippen LogP contribution in [-0.2, 0) is 0 Å². The molecule has 0 aromatic carbocycles. The van der Waals surface area contributed by atoms with E-state index in [1.807, 2.05) is 0 Å². The summed E-state index contributed by atoms with van der Waals surface area (Å²) in [5, 5.41) is 0. The van der Waals surface area contributed by atoms with E-state index in [0.717, 1.165) is 18.1 Å². The van der Waals surface area contributed by atoms with Crippen molar-refractivity contribution in [1.82, 2.24) is 14.7 Å². The Morgan fingerprint density at radius 2 is 1.65 bits per heavy atom. The van der Waals surface area contributed by atoms with E-state index in [0.29, 0.717) is 0 Å². The van der Waals surface area contributed by atoms with Crippen LogP contribution in [0, 0.1) is 0 Å². The molecule has 0 aliphatic carbocycles. The lowest BCUT2D eigenvalue weighted by Gasteiger charge is -2.46. The standard InChI is InChI=1S/C14H29N3/c1-12(2)16-7-5-14(6-8-16)17-10-9-15(4)11-13(17)3/h12-14H,5-11H2,1-4H3. The maximum Gasteiger partial charge on any atom is 0.0198 e. The van der Waals surface area contributed by atoms with Crippen LogP contribution in [0.15, 0.2) is 0 Å². The van der Waals surface area contributed by atoms with E-state index in [4.69, 9.17) is 0 Å². The topological polar surface area (TPSA) is 9.72 Å². The summed E-state index contributed by atoms with van der Waals surface area (Å²) in [6, 6.07) is 2.30. The first kappa shape index (κ1) is 13.3. The molecule has 2 aliphatic heterocycles. The number of piperidine rings is 1. The van der Waals surface area contributed by atoms with Crippen molar-refractivity contribution in [3.05, 3.63) is 0 Å². The van der Waals surface area contributed by atoms with Crippen molar-refractivity contribution >= 4 is 0 Å². The molecule has 17 heavy (non-hydrogen) atoms. The summed E-state index contributed by atoms with van der Waals surface area (Å²) in [6.07, 6.45) is 2.73. The highest BCUT2D eigenvalue weighted by Crippen LogP contribution is 2.22. The first-order valence-corrected chi connectivity index (χ1v) is 7.26. The number of rotatable bonds is 2. The molecule has 0 radical (unpaired) electrons. The highest BCUT2D eigenvalue weighted by molar-refractivity contribution is 4.87. The fraction of sp³-hybridized carbons (Fsp3) is 1.00. The van der Waals surface area contributed by atoms with Crippen LogP contribution >= 0.6 is 0 Å². The van der Waals surface area contributed by atoms with Crippen molar-refractivity contribution in [3.8, 4) is 0 Å². The van der Waals surface area contributed by atoms with Gasteiger partial charge in [0.1, 0.15) is 0 Å². The SMILES string of the molecule is CC(C)N1CCC(N2CCN(C)CC2C)CC1. The van der Waals surface area contributed by atoms with Crippen LogP contribution in [0.25, 0.3) is 0 Å². The van der Waals surface area contributed by atoms with Crippen LogP contribution < -0.4 is 0 Å². The van der Waals surface area contributed by atoms with E-state index in [1.165, 1.54) is 45.6 Å². The van der Waals surface area contributed by atoms with Crippen LogP contribution in [0.4, 0.5) is 0 Å². The summed E-state index contributed by atoms with van der Waals surface area (Å²) in [4.78, 5) is 7.85. The van der Waals surface area contributed by atoms with Crippen molar-refractivity contribution in [2.45, 2.75) is 51.7 Å². The Labute approximate surface area is 107 Å². The van der Waals surface area contributed by atoms with Gasteiger partial charge in [-0.1, -0.05) is 0 Å². The summed E-state index contributed by atoms with van der Waals surface area (Å²) in [5.74, 6) is 0. The molecule has 0 aromatic heterocycles. The summed E-state index contributed by atoms with van der Waals surface area (Å²) < 4.78 is 0. The molecule has 2 fully saturated rings. The smallest absolute Gasteiger partial charge is 0.0198 e. The minimum absolute atomic E-state index is 0.723. The molecule has 100 valence electrons. The number of nitrogens with zero attached hydrogens (tertiary/aromatic N) is 3. The first-order valence-electron chi connectivity index (χ1n) is 7.26. The van der Waals surface area contributed by atoms with Crippen molar-refractivity contribution in [3.63, 3.8) is 0 Å². The van der Waals surface area contributed by atoms with Gasteiger partial charge in [0, 0.05) is 37.8 Å². The van der Waals surface area contributed by atoms with Gasteiger partial charge in [-0.2, -0.15) is 0 Å². The Bertz CT molecular complexity index is 234. The molecular formula is C14H29N3. The van der Waals surface area contributed by atoms with E-state index >= 15 is 0 Å². The number of likely N-dealkylation sites (tertiary alicyclic amines) is 1. The Balaban J connectivity index is 1.84. The Hall–Kier alpha value is -0.120. The molecule has 0 N–H and O–H groups in total. The van der Waals surface area contributed by atoms with Crippen molar-refractivity contribution in [2.75, 3.05) is 39.8 Å². The second-order valence-corrected chi connectivity index (χ2v) is 6.21. The molecule has 3 heteroatoms. The van der Waals surface area contributed by atoms with E-state index in [1.54, 1.807) is 0 Å². The monoisotopic (exact) mass is 239 g/mol. The van der Waals surface area contributed by atoms with Crippen molar-refractivity contribution < 1.29 is 0 Å². The summed E-state index contributed by atoms with van der Waals surface area (Å²) >= 11 is 0. The number of piperazine rings is 1. The second-order valence-electron chi connectivity index (χ2n) is 6.21. The summed E-state index contributed by atoms with van der Waals surface area (Å²) in [7, 11) is 2.25. The van der Waals surface area contributed by atoms with Crippen LogP contribution in [0.1, 0.15) is 33.6 Å². The average Bonchev–Trinajstić information content (AvgIpc) is 2.29. The minimum atomic E-state index is 0.723. The molecule has 0 amide bonds. The summed E-state index contributed by atoms with van der Waals surface area (Å²) in [6.45, 7) is 13.4. The van der Waals surface area contributed by atoms with Gasteiger partial charge in [-0.05, 0) is 53.8 Å². The quantitative estimate of drug-likeness (QED) is 0.723. The van der Waals surface area contributed by atoms with Crippen LogP contribution in [0.5, 0.6) is 0 Å². The largest absolute Gasteiger partial charge is 0.304 e. The molecular weight excluding hydrogens is 210 g/mol. The number of likely N-dealkylation sites (N-methyl/N-ethyl adjacent to an activating group) is 1. The zero-order valence-corrected chi connectivity index (χ0v) is 12.0. The highest BCUT2D eigenvalue weighted by atomic mass is 15.3. The predicted molar refractivity (Wildman–Crippen MR) is 73.4 cm³/mol. The van der Waals surface area contributed by atoms with Gasteiger partial charge in [0.15, 0.2) is 0 Å². The van der Waals surface area contributed by atoms with Gasteiger partial charge in [-0.25, -0.2) is 0 Å². The van der Waals surface area contributed by atoms with E-state index in [9.17, 15) is 0 Å². The maximum absolute atomic E-state index is 2.76. The van der Waals surface area contributed by atoms with Crippen LogP contribution in [-0.4, -0.2) is 72.6 Å². The first-order chi connectivity index (χ1) is 8.08. The van der Waals surface area contributed by atoms with E-state index in [2.05, 4.69) is 42.5 Å². The Morgan fingerprint density at radius 3 is 2.18 bits per heavy atom. The molecule has 1 unspecified atom stereocenters. The van der Waals surface area contributed by atoms with Crippen molar-refractivity contribution in [1.29, 1.82) is 0 Å². The fourth-order valence-corrected chi connectivity index (χ4v) is 3.43. The molecule has 2 rings (SSSR count). The zero-order valence-electron chi connectivity index (χ0n) is 12.0. The number of hydrogen-bond acceptors (Lipinski definition) is 3. The second kappa shape index (κ2) is 5.68. The molecule has 2 aliphatic rings. The zero-order chi connectivity index (χ0) is 12.4. The molecule has 2 heterocycles. The van der Waals surface area contributed by atoms with Gasteiger partial charge >= 0.3 is 0 Å². The molecule has 2 saturated heterocycles. The maximum atomic E-state index is 2.76. The molecule has 0 spiro atoms. The highest BCUT2D eigenvalue weighted by Gasteiger charge is 2.30. The van der Waals surface area contributed by atoms with Crippen molar-refractivity contribution in [2.24, 2.45) is 0 Å². The third kappa shape index (κ3) is 3.21. The van der Waals surface area contributed by atoms with Gasteiger partial charge in [0.05, 0.1) is 0 Å². The lowest BCUT2D eigenvalue weighted by molar-refractivity contribution is 0.0250. The molecule has 0 bridgehead atoms. The lowest BCUT2D eigenvalue weighted by atomic mass is 9.99. The molecule has 3 nitrogen and oxygen atoms in total. The Morgan fingerprint density at radius 1 is 1.00 bits per heavy atom.